The zero-order valence-corrected chi connectivity index (χ0v) is 14.7. The molecule has 0 aliphatic carbocycles. The molecule has 1 saturated heterocycles. The van der Waals surface area contributed by atoms with Crippen molar-refractivity contribution in [3.63, 3.8) is 0 Å². The molecule has 0 amide bonds. The lowest BCUT2D eigenvalue weighted by Gasteiger charge is -2.30. The standard InChI is InChI=1S/C16H14ClN5O2S/c17-11-1-2-14-13(7-11)20-15(25-14)10-3-5-21(6-4-10)16-18-8-12(9-19-16)22(23)24/h1-2,7-10H,3-6H2. The first-order valence-electron chi connectivity index (χ1n) is 7.87. The number of fused-ring (bicyclic) bond motifs is 1. The van der Waals surface area contributed by atoms with Gasteiger partial charge in [0.25, 0.3) is 0 Å². The molecule has 128 valence electrons. The number of thiazole rings is 1. The highest BCUT2D eigenvalue weighted by Crippen LogP contribution is 2.35. The van der Waals surface area contributed by atoms with Crippen LogP contribution in [0.4, 0.5) is 11.6 Å². The molecule has 7 nitrogen and oxygen atoms in total. The molecule has 0 radical (unpaired) electrons. The molecule has 0 atom stereocenters. The second-order valence-corrected chi connectivity index (χ2v) is 7.42. The van der Waals surface area contributed by atoms with Crippen LogP contribution in [-0.2, 0) is 0 Å². The van der Waals surface area contributed by atoms with Crippen molar-refractivity contribution in [1.82, 2.24) is 15.0 Å². The van der Waals surface area contributed by atoms with Gasteiger partial charge in [0.1, 0.15) is 12.4 Å². The van der Waals surface area contributed by atoms with Crippen LogP contribution in [0.1, 0.15) is 23.8 Å². The van der Waals surface area contributed by atoms with E-state index in [1.165, 1.54) is 12.4 Å². The van der Waals surface area contributed by atoms with Gasteiger partial charge in [-0.15, -0.1) is 11.3 Å². The maximum Gasteiger partial charge on any atom is 0.305 e. The molecule has 1 aliphatic rings. The first kappa shape index (κ1) is 16.2. The summed E-state index contributed by atoms with van der Waals surface area (Å²) in [4.78, 5) is 25.2. The van der Waals surface area contributed by atoms with Gasteiger partial charge in [0, 0.05) is 24.0 Å². The van der Waals surface area contributed by atoms with E-state index in [-0.39, 0.29) is 5.69 Å². The minimum atomic E-state index is -0.491. The minimum absolute atomic E-state index is 0.0910. The van der Waals surface area contributed by atoms with Gasteiger partial charge < -0.3 is 4.90 Å². The number of aromatic nitrogens is 3. The number of rotatable bonds is 3. The molecular formula is C16H14ClN5O2S. The van der Waals surface area contributed by atoms with Gasteiger partial charge in [-0.25, -0.2) is 15.0 Å². The fourth-order valence-electron chi connectivity index (χ4n) is 2.99. The van der Waals surface area contributed by atoms with Crippen LogP contribution in [-0.4, -0.2) is 33.0 Å². The van der Waals surface area contributed by atoms with Crippen molar-refractivity contribution in [1.29, 1.82) is 0 Å². The Hall–Kier alpha value is -2.32. The van der Waals surface area contributed by atoms with Crippen LogP contribution in [0.3, 0.4) is 0 Å². The third kappa shape index (κ3) is 3.27. The molecule has 0 N–H and O–H groups in total. The van der Waals surface area contributed by atoms with Crippen molar-refractivity contribution >= 4 is 44.8 Å². The Morgan fingerprint density at radius 1 is 1.24 bits per heavy atom. The zero-order chi connectivity index (χ0) is 17.4. The average molecular weight is 376 g/mol. The highest BCUT2D eigenvalue weighted by Gasteiger charge is 2.25. The number of nitrogens with zero attached hydrogens (tertiary/aromatic N) is 5. The quantitative estimate of drug-likeness (QED) is 0.507. The first-order chi connectivity index (χ1) is 12.1. The molecular weight excluding hydrogens is 362 g/mol. The lowest BCUT2D eigenvalue weighted by atomic mass is 9.98. The lowest BCUT2D eigenvalue weighted by molar-refractivity contribution is -0.385. The lowest BCUT2D eigenvalue weighted by Crippen LogP contribution is -2.34. The van der Waals surface area contributed by atoms with Crippen LogP contribution in [0.25, 0.3) is 10.2 Å². The fraction of sp³-hybridized carbons (Fsp3) is 0.312. The van der Waals surface area contributed by atoms with Crippen LogP contribution in [0.2, 0.25) is 5.02 Å². The van der Waals surface area contributed by atoms with E-state index in [0.29, 0.717) is 16.9 Å². The van der Waals surface area contributed by atoms with E-state index in [1.807, 2.05) is 18.2 Å². The van der Waals surface area contributed by atoms with Gasteiger partial charge in [0.05, 0.1) is 20.1 Å². The van der Waals surface area contributed by atoms with E-state index in [9.17, 15) is 10.1 Å². The van der Waals surface area contributed by atoms with Gasteiger partial charge in [-0.2, -0.15) is 0 Å². The van der Waals surface area contributed by atoms with Crippen molar-refractivity contribution in [2.24, 2.45) is 0 Å². The fourth-order valence-corrected chi connectivity index (χ4v) is 4.27. The van der Waals surface area contributed by atoms with Crippen LogP contribution in [0, 0.1) is 10.1 Å². The van der Waals surface area contributed by atoms with Crippen LogP contribution in [0.5, 0.6) is 0 Å². The summed E-state index contributed by atoms with van der Waals surface area (Å²) in [6.45, 7) is 1.61. The summed E-state index contributed by atoms with van der Waals surface area (Å²) in [5, 5.41) is 12.5. The monoisotopic (exact) mass is 375 g/mol. The second kappa shape index (κ2) is 6.53. The van der Waals surface area contributed by atoms with Gasteiger partial charge in [0.2, 0.25) is 5.95 Å². The van der Waals surface area contributed by atoms with E-state index in [2.05, 4.69) is 14.9 Å². The molecule has 0 saturated carbocycles. The van der Waals surface area contributed by atoms with Crippen molar-refractivity contribution in [2.75, 3.05) is 18.0 Å². The smallest absolute Gasteiger partial charge is 0.305 e. The van der Waals surface area contributed by atoms with Crippen LogP contribution >= 0.6 is 22.9 Å². The van der Waals surface area contributed by atoms with Crippen LogP contribution < -0.4 is 4.90 Å². The number of benzene rings is 1. The summed E-state index contributed by atoms with van der Waals surface area (Å²) < 4.78 is 1.15. The summed E-state index contributed by atoms with van der Waals surface area (Å²) in [7, 11) is 0. The summed E-state index contributed by atoms with van der Waals surface area (Å²) in [6.07, 6.45) is 4.42. The third-order valence-corrected chi connectivity index (χ3v) is 5.76. The van der Waals surface area contributed by atoms with E-state index in [4.69, 9.17) is 16.6 Å². The molecule has 25 heavy (non-hydrogen) atoms. The summed E-state index contributed by atoms with van der Waals surface area (Å²) in [6, 6.07) is 5.80. The van der Waals surface area contributed by atoms with Crippen molar-refractivity contribution < 1.29 is 4.92 Å². The Labute approximate surface area is 152 Å². The third-order valence-electron chi connectivity index (χ3n) is 4.33. The van der Waals surface area contributed by atoms with Crippen molar-refractivity contribution in [3.05, 3.63) is 50.7 Å². The van der Waals surface area contributed by atoms with E-state index in [0.717, 1.165) is 41.2 Å². The molecule has 1 aromatic carbocycles. The molecule has 2 aromatic heterocycles. The highest BCUT2D eigenvalue weighted by atomic mass is 35.5. The molecule has 0 spiro atoms. The second-order valence-electron chi connectivity index (χ2n) is 5.92. The van der Waals surface area contributed by atoms with Crippen molar-refractivity contribution in [2.45, 2.75) is 18.8 Å². The van der Waals surface area contributed by atoms with Gasteiger partial charge in [-0.1, -0.05) is 11.6 Å². The number of piperidine rings is 1. The Morgan fingerprint density at radius 3 is 2.64 bits per heavy atom. The summed E-state index contributed by atoms with van der Waals surface area (Å²) >= 11 is 7.75. The predicted octanol–water partition coefficient (Wildman–Crippen LogP) is 4.03. The Balaban J connectivity index is 1.46. The topological polar surface area (TPSA) is 85.0 Å². The Bertz CT molecular complexity index is 922. The predicted molar refractivity (Wildman–Crippen MR) is 97.5 cm³/mol. The largest absolute Gasteiger partial charge is 0.341 e. The highest BCUT2D eigenvalue weighted by molar-refractivity contribution is 7.18. The van der Waals surface area contributed by atoms with E-state index >= 15 is 0 Å². The number of nitro groups is 1. The minimum Gasteiger partial charge on any atom is -0.341 e. The zero-order valence-electron chi connectivity index (χ0n) is 13.1. The molecule has 1 fully saturated rings. The number of halogens is 1. The number of hydrogen-bond acceptors (Lipinski definition) is 7. The molecule has 3 aromatic rings. The Kier molecular flexibility index (Phi) is 4.22. The normalized spacial score (nSPS) is 15.6. The molecule has 1 aliphatic heterocycles. The van der Waals surface area contributed by atoms with Gasteiger partial charge in [-0.05, 0) is 31.0 Å². The summed E-state index contributed by atoms with van der Waals surface area (Å²) in [5.74, 6) is 0.950. The number of hydrogen-bond donors (Lipinski definition) is 0. The first-order valence-corrected chi connectivity index (χ1v) is 9.07. The summed E-state index contributed by atoms with van der Waals surface area (Å²) in [5.41, 5.74) is 0.861. The van der Waals surface area contributed by atoms with E-state index in [1.54, 1.807) is 11.3 Å². The molecule has 3 heterocycles. The van der Waals surface area contributed by atoms with Crippen LogP contribution in [0.15, 0.2) is 30.6 Å². The van der Waals surface area contributed by atoms with Gasteiger partial charge in [0.15, 0.2) is 0 Å². The molecule has 9 heteroatoms. The van der Waals surface area contributed by atoms with E-state index < -0.39 is 4.92 Å². The SMILES string of the molecule is O=[N+]([O-])c1cnc(N2CCC(c3nc4cc(Cl)ccc4s3)CC2)nc1. The molecule has 0 unspecified atom stereocenters. The molecule has 0 bridgehead atoms. The van der Waals surface area contributed by atoms with Gasteiger partial charge >= 0.3 is 5.69 Å². The maximum absolute atomic E-state index is 10.7. The Morgan fingerprint density at radius 2 is 1.96 bits per heavy atom. The molecule has 4 rings (SSSR count). The average Bonchev–Trinajstić information content (AvgIpc) is 3.05. The van der Waals surface area contributed by atoms with Gasteiger partial charge in [-0.3, -0.25) is 10.1 Å². The van der Waals surface area contributed by atoms with Crippen molar-refractivity contribution in [3.8, 4) is 0 Å². The maximum atomic E-state index is 10.7. The number of anilines is 1.